The fourth-order valence-electron chi connectivity index (χ4n) is 2.63. The molecule has 2 unspecified atom stereocenters. The summed E-state index contributed by atoms with van der Waals surface area (Å²) in [6.07, 6.45) is 1.46. The molecule has 2 aromatic rings. The summed E-state index contributed by atoms with van der Waals surface area (Å²) in [5, 5.41) is 1.28. The Morgan fingerprint density at radius 1 is 1.38 bits per heavy atom. The van der Waals surface area contributed by atoms with Gasteiger partial charge < -0.3 is 9.72 Å². The van der Waals surface area contributed by atoms with Gasteiger partial charge in [0.05, 0.1) is 17.7 Å². The number of ether oxygens (including phenoxy) is 1. The van der Waals surface area contributed by atoms with Crippen LogP contribution >= 0.6 is 15.9 Å². The SMILES string of the molecule is CC1Cc2[nH]c3c(Br)cccc3c2C(C)O1. The number of hydrogen-bond donors (Lipinski definition) is 1. The third-order valence-corrected chi connectivity index (χ3v) is 3.90. The van der Waals surface area contributed by atoms with Crippen molar-refractivity contribution in [2.45, 2.75) is 32.5 Å². The molecule has 84 valence electrons. The van der Waals surface area contributed by atoms with Crippen LogP contribution in [0.3, 0.4) is 0 Å². The minimum atomic E-state index is 0.182. The summed E-state index contributed by atoms with van der Waals surface area (Å²) in [5.74, 6) is 0. The highest BCUT2D eigenvalue weighted by molar-refractivity contribution is 9.10. The van der Waals surface area contributed by atoms with E-state index in [1.54, 1.807) is 0 Å². The largest absolute Gasteiger partial charge is 0.370 e. The van der Waals surface area contributed by atoms with E-state index in [2.05, 4.69) is 53.0 Å². The van der Waals surface area contributed by atoms with Gasteiger partial charge in [-0.3, -0.25) is 0 Å². The number of hydrogen-bond acceptors (Lipinski definition) is 1. The molecule has 16 heavy (non-hydrogen) atoms. The van der Waals surface area contributed by atoms with Crippen molar-refractivity contribution in [3.63, 3.8) is 0 Å². The van der Waals surface area contributed by atoms with E-state index in [0.717, 1.165) is 10.9 Å². The Bertz CT molecular complexity index is 546. The van der Waals surface area contributed by atoms with Crippen LogP contribution in [0.1, 0.15) is 31.2 Å². The lowest BCUT2D eigenvalue weighted by Crippen LogP contribution is -2.21. The maximum absolute atomic E-state index is 5.88. The number of rotatable bonds is 0. The van der Waals surface area contributed by atoms with Gasteiger partial charge >= 0.3 is 0 Å². The number of aromatic nitrogens is 1. The number of benzene rings is 1. The minimum absolute atomic E-state index is 0.182. The highest BCUT2D eigenvalue weighted by Gasteiger charge is 2.26. The molecule has 1 aromatic heterocycles. The molecule has 0 radical (unpaired) electrons. The van der Waals surface area contributed by atoms with E-state index in [0.29, 0.717) is 6.10 Å². The standard InChI is InChI=1S/C13H14BrNO/c1-7-6-11-12(8(2)16-7)9-4-3-5-10(14)13(9)15-11/h3-5,7-8,15H,6H2,1-2H3. The van der Waals surface area contributed by atoms with E-state index >= 15 is 0 Å². The third-order valence-electron chi connectivity index (χ3n) is 3.24. The first-order valence-electron chi connectivity index (χ1n) is 5.61. The molecule has 0 bridgehead atoms. The predicted octanol–water partition coefficient (Wildman–Crippen LogP) is 3.95. The minimum Gasteiger partial charge on any atom is -0.370 e. The molecule has 0 saturated heterocycles. The van der Waals surface area contributed by atoms with Crippen molar-refractivity contribution in [2.24, 2.45) is 0 Å². The van der Waals surface area contributed by atoms with Crippen molar-refractivity contribution in [1.82, 2.24) is 4.98 Å². The second-order valence-electron chi connectivity index (χ2n) is 4.47. The monoisotopic (exact) mass is 279 g/mol. The molecule has 2 heterocycles. The molecular formula is C13H14BrNO. The van der Waals surface area contributed by atoms with Gasteiger partial charge in [0.2, 0.25) is 0 Å². The molecule has 1 N–H and O–H groups in total. The highest BCUT2D eigenvalue weighted by atomic mass is 79.9. The quantitative estimate of drug-likeness (QED) is 0.776. The van der Waals surface area contributed by atoms with Crippen LogP contribution in [0.4, 0.5) is 0 Å². The highest BCUT2D eigenvalue weighted by Crippen LogP contribution is 2.37. The lowest BCUT2D eigenvalue weighted by atomic mass is 10.00. The topological polar surface area (TPSA) is 25.0 Å². The van der Waals surface area contributed by atoms with Crippen LogP contribution in [-0.2, 0) is 11.2 Å². The maximum atomic E-state index is 5.88. The Morgan fingerprint density at radius 3 is 3.00 bits per heavy atom. The second kappa shape index (κ2) is 3.60. The Morgan fingerprint density at radius 2 is 2.19 bits per heavy atom. The van der Waals surface area contributed by atoms with E-state index in [-0.39, 0.29) is 6.10 Å². The van der Waals surface area contributed by atoms with Gasteiger partial charge in [-0.15, -0.1) is 0 Å². The first-order valence-corrected chi connectivity index (χ1v) is 6.40. The molecule has 3 rings (SSSR count). The molecular weight excluding hydrogens is 266 g/mol. The fourth-order valence-corrected chi connectivity index (χ4v) is 3.10. The summed E-state index contributed by atoms with van der Waals surface area (Å²) in [7, 11) is 0. The molecule has 1 aromatic carbocycles. The average molecular weight is 280 g/mol. The number of H-pyrrole nitrogens is 1. The van der Waals surface area contributed by atoms with Crippen LogP contribution < -0.4 is 0 Å². The zero-order chi connectivity index (χ0) is 11.3. The van der Waals surface area contributed by atoms with Gasteiger partial charge in [-0.2, -0.15) is 0 Å². The van der Waals surface area contributed by atoms with E-state index < -0.39 is 0 Å². The lowest BCUT2D eigenvalue weighted by molar-refractivity contribution is -0.00436. The Kier molecular flexibility index (Phi) is 2.33. The molecule has 2 nitrogen and oxygen atoms in total. The third kappa shape index (κ3) is 1.42. The smallest absolute Gasteiger partial charge is 0.0824 e. The fraction of sp³-hybridized carbons (Fsp3) is 0.385. The van der Waals surface area contributed by atoms with Gasteiger partial charge in [0.1, 0.15) is 0 Å². The van der Waals surface area contributed by atoms with Gasteiger partial charge in [0.15, 0.2) is 0 Å². The van der Waals surface area contributed by atoms with Gasteiger partial charge in [0, 0.05) is 27.5 Å². The van der Waals surface area contributed by atoms with E-state index in [4.69, 9.17) is 4.74 Å². The molecule has 0 aliphatic carbocycles. The molecule has 0 spiro atoms. The maximum Gasteiger partial charge on any atom is 0.0824 e. The molecule has 0 amide bonds. The number of aromatic amines is 1. The van der Waals surface area contributed by atoms with Crippen LogP contribution in [0.2, 0.25) is 0 Å². The summed E-state index contributed by atoms with van der Waals surface area (Å²) in [6.45, 7) is 4.25. The summed E-state index contributed by atoms with van der Waals surface area (Å²) < 4.78 is 7.01. The van der Waals surface area contributed by atoms with Crippen molar-refractivity contribution in [3.8, 4) is 0 Å². The first-order chi connectivity index (χ1) is 7.66. The lowest BCUT2D eigenvalue weighted by Gasteiger charge is -2.25. The van der Waals surface area contributed by atoms with Gasteiger partial charge in [-0.05, 0) is 35.8 Å². The van der Waals surface area contributed by atoms with Crippen molar-refractivity contribution < 1.29 is 4.74 Å². The van der Waals surface area contributed by atoms with Crippen LogP contribution in [0.5, 0.6) is 0 Å². The van der Waals surface area contributed by atoms with Gasteiger partial charge in [-0.1, -0.05) is 12.1 Å². The predicted molar refractivity (Wildman–Crippen MR) is 68.7 cm³/mol. The molecule has 0 fully saturated rings. The molecule has 1 aliphatic rings. The van der Waals surface area contributed by atoms with Crippen molar-refractivity contribution in [1.29, 1.82) is 0 Å². The Labute approximate surface area is 103 Å². The van der Waals surface area contributed by atoms with Crippen molar-refractivity contribution in [3.05, 3.63) is 33.9 Å². The van der Waals surface area contributed by atoms with E-state index in [1.165, 1.54) is 22.2 Å². The molecule has 1 aliphatic heterocycles. The number of nitrogens with one attached hydrogen (secondary N) is 1. The summed E-state index contributed by atoms with van der Waals surface area (Å²) in [5.41, 5.74) is 3.85. The molecule has 3 heteroatoms. The number of halogens is 1. The summed E-state index contributed by atoms with van der Waals surface area (Å²) in [4.78, 5) is 3.52. The van der Waals surface area contributed by atoms with Crippen LogP contribution in [0.25, 0.3) is 10.9 Å². The van der Waals surface area contributed by atoms with Gasteiger partial charge in [0.25, 0.3) is 0 Å². The van der Waals surface area contributed by atoms with E-state index in [1.807, 2.05) is 0 Å². The number of fused-ring (bicyclic) bond motifs is 3. The summed E-state index contributed by atoms with van der Waals surface area (Å²) >= 11 is 3.59. The van der Waals surface area contributed by atoms with Crippen LogP contribution in [0.15, 0.2) is 22.7 Å². The first kappa shape index (κ1) is 10.4. The summed E-state index contributed by atoms with van der Waals surface area (Å²) in [6, 6.07) is 6.30. The zero-order valence-electron chi connectivity index (χ0n) is 9.38. The zero-order valence-corrected chi connectivity index (χ0v) is 11.0. The van der Waals surface area contributed by atoms with Crippen molar-refractivity contribution >= 4 is 26.8 Å². The molecule has 2 atom stereocenters. The average Bonchev–Trinajstić information content (AvgIpc) is 2.57. The van der Waals surface area contributed by atoms with Crippen molar-refractivity contribution in [2.75, 3.05) is 0 Å². The van der Waals surface area contributed by atoms with Crippen LogP contribution in [-0.4, -0.2) is 11.1 Å². The number of para-hydroxylation sites is 1. The normalized spacial score (nSPS) is 24.7. The van der Waals surface area contributed by atoms with E-state index in [9.17, 15) is 0 Å². The molecule has 0 saturated carbocycles. The van der Waals surface area contributed by atoms with Gasteiger partial charge in [-0.25, -0.2) is 0 Å². The Hall–Kier alpha value is -0.800. The second-order valence-corrected chi connectivity index (χ2v) is 5.33. The van der Waals surface area contributed by atoms with Crippen LogP contribution in [0, 0.1) is 0 Å². The Balaban J connectivity index is 2.30.